The number of hydrogen-bond acceptors (Lipinski definition) is 6. The second-order valence-electron chi connectivity index (χ2n) is 9.18. The van der Waals surface area contributed by atoms with Gasteiger partial charge in [-0.3, -0.25) is 14.4 Å². The molecule has 0 unspecified atom stereocenters. The number of benzene rings is 2. The van der Waals surface area contributed by atoms with Gasteiger partial charge in [0, 0.05) is 31.9 Å². The number of carboxylic acid groups (broad SMARTS) is 1. The van der Waals surface area contributed by atoms with E-state index in [-0.39, 0.29) is 35.6 Å². The van der Waals surface area contributed by atoms with Gasteiger partial charge in [0.2, 0.25) is 21.8 Å². The number of fused-ring (bicyclic) bond motifs is 1. The molecule has 0 bridgehead atoms. The molecule has 11 heteroatoms. The number of piperidine rings is 1. The molecule has 4 rings (SSSR count). The minimum atomic E-state index is -3.97. The summed E-state index contributed by atoms with van der Waals surface area (Å²) < 4.78 is 28.2. The minimum Gasteiger partial charge on any atom is -0.481 e. The lowest BCUT2D eigenvalue weighted by Crippen LogP contribution is -2.50. The summed E-state index contributed by atoms with van der Waals surface area (Å²) in [5.41, 5.74) is 0. The van der Waals surface area contributed by atoms with E-state index in [9.17, 15) is 22.8 Å². The quantitative estimate of drug-likeness (QED) is 0.562. The van der Waals surface area contributed by atoms with E-state index >= 15 is 0 Å². The van der Waals surface area contributed by atoms with Gasteiger partial charge in [0.15, 0.2) is 0 Å². The Bertz CT molecular complexity index is 1240. The number of amides is 2. The minimum absolute atomic E-state index is 0.0964. The molecule has 2 aromatic carbocycles. The molecular weight excluding hydrogens is 490 g/mol. The zero-order valence-electron chi connectivity index (χ0n) is 19.4. The normalized spacial score (nSPS) is 21.8. The summed E-state index contributed by atoms with van der Waals surface area (Å²) in [6.07, 6.45) is 0.998. The van der Waals surface area contributed by atoms with Crippen molar-refractivity contribution in [3.8, 4) is 0 Å². The molecule has 2 atom stereocenters. The van der Waals surface area contributed by atoms with E-state index in [2.05, 4.69) is 12.6 Å². The molecule has 35 heavy (non-hydrogen) atoms. The van der Waals surface area contributed by atoms with Crippen molar-refractivity contribution < 1.29 is 27.9 Å². The van der Waals surface area contributed by atoms with Crippen LogP contribution in [0.5, 0.6) is 0 Å². The van der Waals surface area contributed by atoms with Gasteiger partial charge in [-0.15, -0.1) is 0 Å². The summed E-state index contributed by atoms with van der Waals surface area (Å²) in [6, 6.07) is 11.4. The first-order chi connectivity index (χ1) is 16.6. The molecule has 2 aliphatic rings. The fraction of sp³-hybridized carbons (Fsp3) is 0.458. The first-order valence-electron chi connectivity index (χ1n) is 11.5. The summed E-state index contributed by atoms with van der Waals surface area (Å²) in [5, 5.41) is 10.5. The number of likely N-dealkylation sites (N-methyl/N-ethyl adjacent to an activating group) is 1. The Morgan fingerprint density at radius 3 is 2.40 bits per heavy atom. The number of carbonyl (C=O) groups is 3. The third-order valence-corrected chi connectivity index (χ3v) is 9.04. The lowest BCUT2D eigenvalue weighted by Gasteiger charge is -2.32. The van der Waals surface area contributed by atoms with Crippen LogP contribution in [0.1, 0.15) is 19.3 Å². The van der Waals surface area contributed by atoms with Crippen molar-refractivity contribution in [1.82, 2.24) is 14.1 Å². The highest BCUT2D eigenvalue weighted by Gasteiger charge is 2.44. The smallest absolute Gasteiger partial charge is 0.306 e. The number of hydrogen-bond donors (Lipinski definition) is 2. The largest absolute Gasteiger partial charge is 0.481 e. The number of rotatable bonds is 6. The van der Waals surface area contributed by atoms with Crippen LogP contribution in [0.3, 0.4) is 0 Å². The first-order valence-corrected chi connectivity index (χ1v) is 13.5. The molecule has 1 N–H and O–H groups in total. The van der Waals surface area contributed by atoms with E-state index in [1.54, 1.807) is 23.1 Å². The van der Waals surface area contributed by atoms with Gasteiger partial charge in [-0.1, -0.05) is 30.3 Å². The predicted octanol–water partition coefficient (Wildman–Crippen LogP) is 1.68. The van der Waals surface area contributed by atoms with Gasteiger partial charge in [0.1, 0.15) is 6.04 Å². The lowest BCUT2D eigenvalue weighted by atomic mass is 9.97. The van der Waals surface area contributed by atoms with Crippen LogP contribution in [-0.2, 0) is 24.4 Å². The van der Waals surface area contributed by atoms with E-state index in [0.717, 1.165) is 10.8 Å². The van der Waals surface area contributed by atoms with E-state index in [4.69, 9.17) is 5.11 Å². The van der Waals surface area contributed by atoms with Gasteiger partial charge in [0.25, 0.3) is 0 Å². The fourth-order valence-corrected chi connectivity index (χ4v) is 6.91. The summed E-state index contributed by atoms with van der Waals surface area (Å²) in [4.78, 5) is 40.1. The van der Waals surface area contributed by atoms with Gasteiger partial charge in [-0.2, -0.15) is 16.9 Å². The molecule has 0 aromatic heterocycles. The third kappa shape index (κ3) is 5.31. The van der Waals surface area contributed by atoms with E-state index in [1.165, 1.54) is 16.3 Å². The Morgan fingerprint density at radius 1 is 1.09 bits per heavy atom. The molecule has 0 radical (unpaired) electrons. The molecule has 188 valence electrons. The summed E-state index contributed by atoms with van der Waals surface area (Å²) >= 11 is 4.46. The van der Waals surface area contributed by atoms with Crippen LogP contribution in [0.2, 0.25) is 0 Å². The van der Waals surface area contributed by atoms with Crippen LogP contribution in [0, 0.1) is 5.92 Å². The monoisotopic (exact) mass is 519 g/mol. The average molecular weight is 520 g/mol. The molecule has 0 spiro atoms. The van der Waals surface area contributed by atoms with Crippen LogP contribution in [0.4, 0.5) is 0 Å². The van der Waals surface area contributed by atoms with Crippen molar-refractivity contribution in [1.29, 1.82) is 0 Å². The van der Waals surface area contributed by atoms with Crippen LogP contribution in [0.25, 0.3) is 10.8 Å². The zero-order valence-corrected chi connectivity index (χ0v) is 21.1. The molecule has 2 aromatic rings. The number of carbonyl (C=O) groups excluding carboxylic acids is 2. The number of thiol groups is 1. The first kappa shape index (κ1) is 25.5. The van der Waals surface area contributed by atoms with Crippen LogP contribution >= 0.6 is 12.6 Å². The Balaban J connectivity index is 1.47. The van der Waals surface area contributed by atoms with E-state index in [0.29, 0.717) is 25.9 Å². The summed E-state index contributed by atoms with van der Waals surface area (Å²) in [7, 11) is -2.49. The van der Waals surface area contributed by atoms with Gasteiger partial charge in [0.05, 0.1) is 17.4 Å². The topological polar surface area (TPSA) is 115 Å². The zero-order chi connectivity index (χ0) is 25.3. The Hall–Kier alpha value is -2.63. The Kier molecular flexibility index (Phi) is 7.39. The van der Waals surface area contributed by atoms with Gasteiger partial charge in [-0.05, 0) is 42.2 Å². The lowest BCUT2D eigenvalue weighted by molar-refractivity contribution is -0.146. The van der Waals surface area contributed by atoms with Crippen molar-refractivity contribution in [3.63, 3.8) is 0 Å². The fourth-order valence-electron chi connectivity index (χ4n) is 4.75. The highest BCUT2D eigenvalue weighted by atomic mass is 32.2. The van der Waals surface area contributed by atoms with Crippen LogP contribution < -0.4 is 0 Å². The van der Waals surface area contributed by atoms with Crippen LogP contribution in [-0.4, -0.2) is 89.9 Å². The average Bonchev–Trinajstić information content (AvgIpc) is 3.25. The summed E-state index contributed by atoms with van der Waals surface area (Å²) in [6.45, 7) is 0.540. The number of likely N-dealkylation sites (tertiary alicyclic amines) is 1. The summed E-state index contributed by atoms with van der Waals surface area (Å²) in [5.74, 6) is -2.06. The van der Waals surface area contributed by atoms with Crippen molar-refractivity contribution in [3.05, 3.63) is 42.5 Å². The second-order valence-corrected chi connectivity index (χ2v) is 11.8. The van der Waals surface area contributed by atoms with E-state index < -0.39 is 33.9 Å². The molecule has 9 nitrogen and oxygen atoms in total. The molecule has 2 heterocycles. The van der Waals surface area contributed by atoms with E-state index in [1.807, 2.05) is 24.3 Å². The molecule has 2 fully saturated rings. The van der Waals surface area contributed by atoms with Crippen molar-refractivity contribution in [2.24, 2.45) is 5.92 Å². The molecule has 2 saturated heterocycles. The maximum Gasteiger partial charge on any atom is 0.306 e. The number of sulfonamides is 1. The van der Waals surface area contributed by atoms with Crippen LogP contribution in [0.15, 0.2) is 47.4 Å². The number of nitrogens with zero attached hydrogens (tertiary/aromatic N) is 3. The molecule has 2 amide bonds. The number of aliphatic carboxylic acids is 1. The number of carboxylic acids is 1. The van der Waals surface area contributed by atoms with Gasteiger partial charge < -0.3 is 14.9 Å². The van der Waals surface area contributed by atoms with Crippen molar-refractivity contribution in [2.75, 3.05) is 33.2 Å². The second kappa shape index (κ2) is 10.2. The maximum absolute atomic E-state index is 13.5. The third-order valence-electron chi connectivity index (χ3n) is 6.79. The Morgan fingerprint density at radius 2 is 1.74 bits per heavy atom. The molecule has 0 aliphatic carbocycles. The highest BCUT2D eigenvalue weighted by molar-refractivity contribution is 7.89. The van der Waals surface area contributed by atoms with Crippen molar-refractivity contribution in [2.45, 2.75) is 35.4 Å². The standard InChI is InChI=1S/C24H29N3O6S2/c1-25(15-22(28)26-10-8-17(9-11-26)24(30)31)23(29)21-13-19(34)14-27(21)35(32,33)20-7-6-16-4-2-3-5-18(16)12-20/h2-7,12,17,19,21,34H,8-11,13-15H2,1H3,(H,30,31)/t19-,21+/m1/s1. The predicted molar refractivity (Wildman–Crippen MR) is 134 cm³/mol. The highest BCUT2D eigenvalue weighted by Crippen LogP contribution is 2.31. The van der Waals surface area contributed by atoms with Crippen molar-refractivity contribution >= 4 is 51.2 Å². The Labute approximate surface area is 210 Å². The molecule has 2 aliphatic heterocycles. The molecule has 0 saturated carbocycles. The SMILES string of the molecule is CN(CC(=O)N1CCC(C(=O)O)CC1)C(=O)[C@@H]1C[C@@H](S)CN1S(=O)(=O)c1ccc2ccccc2c1. The van der Waals surface area contributed by atoms with Gasteiger partial charge >= 0.3 is 5.97 Å². The maximum atomic E-state index is 13.5. The molecular formula is C24H29N3O6S2. The van der Waals surface area contributed by atoms with Gasteiger partial charge in [-0.25, -0.2) is 8.42 Å².